The summed E-state index contributed by atoms with van der Waals surface area (Å²) in [5.74, 6) is 1.10. The van der Waals surface area contributed by atoms with Gasteiger partial charge < -0.3 is 4.74 Å². The van der Waals surface area contributed by atoms with Crippen molar-refractivity contribution in [2.45, 2.75) is 19.3 Å². The number of carbonyl (C=O) groups excluding carboxylic acids is 1. The minimum absolute atomic E-state index is 0.232. The highest BCUT2D eigenvalue weighted by atomic mass is 16.5. The minimum atomic E-state index is 0.232. The summed E-state index contributed by atoms with van der Waals surface area (Å²) in [4.78, 5) is 11.6. The predicted molar refractivity (Wildman–Crippen MR) is 58.4 cm³/mol. The summed E-state index contributed by atoms with van der Waals surface area (Å²) in [6.45, 7) is 0. The van der Waals surface area contributed by atoms with Crippen molar-refractivity contribution in [3.63, 3.8) is 0 Å². The van der Waals surface area contributed by atoms with Crippen molar-refractivity contribution in [1.82, 2.24) is 0 Å². The van der Waals surface area contributed by atoms with Gasteiger partial charge in [0.15, 0.2) is 5.78 Å². The number of ether oxygens (including phenoxy) is 1. The van der Waals surface area contributed by atoms with Gasteiger partial charge in [0.05, 0.1) is 7.11 Å². The van der Waals surface area contributed by atoms with E-state index in [1.54, 1.807) is 7.11 Å². The van der Waals surface area contributed by atoms with E-state index in [-0.39, 0.29) is 5.78 Å². The number of allylic oxidation sites excluding steroid dienone is 2. The zero-order valence-electron chi connectivity index (χ0n) is 8.82. The van der Waals surface area contributed by atoms with Crippen LogP contribution in [0, 0.1) is 0 Å². The first kappa shape index (κ1) is 9.97. The van der Waals surface area contributed by atoms with Gasteiger partial charge in [0, 0.05) is 24.8 Å². The first-order valence-corrected chi connectivity index (χ1v) is 5.14. The molecule has 0 heterocycles. The van der Waals surface area contributed by atoms with Crippen LogP contribution in [0.4, 0.5) is 0 Å². The number of methoxy groups -OCH3 is 1. The minimum Gasteiger partial charge on any atom is -0.501 e. The Bertz CT molecular complexity index is 390. The molecule has 0 saturated carbocycles. The third-order valence-corrected chi connectivity index (χ3v) is 2.72. The summed E-state index contributed by atoms with van der Waals surface area (Å²) in [6.07, 6.45) is 2.06. The summed E-state index contributed by atoms with van der Waals surface area (Å²) < 4.78 is 5.23. The van der Waals surface area contributed by atoms with Crippen LogP contribution in [0.15, 0.2) is 41.7 Å². The third kappa shape index (κ3) is 2.09. The van der Waals surface area contributed by atoms with Gasteiger partial charge in [0.1, 0.15) is 5.76 Å². The Balaban J connectivity index is 2.21. The lowest BCUT2D eigenvalue weighted by Gasteiger charge is -2.04. The van der Waals surface area contributed by atoms with Crippen molar-refractivity contribution < 1.29 is 9.53 Å². The fraction of sp³-hybridized carbons (Fsp3) is 0.308. The Morgan fingerprint density at radius 2 is 1.93 bits per heavy atom. The van der Waals surface area contributed by atoms with Crippen LogP contribution in [0.3, 0.4) is 0 Å². The van der Waals surface area contributed by atoms with E-state index in [1.165, 1.54) is 0 Å². The smallest absolute Gasteiger partial charge is 0.162 e. The molecule has 0 fully saturated rings. The van der Waals surface area contributed by atoms with Gasteiger partial charge in [-0.2, -0.15) is 0 Å². The van der Waals surface area contributed by atoms with E-state index in [9.17, 15) is 4.79 Å². The highest BCUT2D eigenvalue weighted by molar-refractivity contribution is 5.98. The van der Waals surface area contributed by atoms with E-state index in [0.29, 0.717) is 12.8 Å². The molecule has 1 aliphatic carbocycles. The van der Waals surface area contributed by atoms with E-state index in [2.05, 4.69) is 0 Å². The molecule has 0 amide bonds. The quantitative estimate of drug-likeness (QED) is 0.752. The lowest BCUT2D eigenvalue weighted by atomic mass is 10.0. The van der Waals surface area contributed by atoms with Crippen LogP contribution in [0.5, 0.6) is 0 Å². The fourth-order valence-electron chi connectivity index (χ4n) is 1.91. The molecule has 0 aromatic heterocycles. The summed E-state index contributed by atoms with van der Waals surface area (Å²) in [6, 6.07) is 10.0. The highest BCUT2D eigenvalue weighted by Gasteiger charge is 2.23. The second kappa shape index (κ2) is 4.30. The maximum Gasteiger partial charge on any atom is 0.162 e. The van der Waals surface area contributed by atoms with Crippen molar-refractivity contribution in [1.29, 1.82) is 0 Å². The SMILES string of the molecule is COC1=C(Cc2ccccc2)C(=O)CC1. The van der Waals surface area contributed by atoms with E-state index in [1.807, 2.05) is 30.3 Å². The summed E-state index contributed by atoms with van der Waals surface area (Å²) >= 11 is 0. The Morgan fingerprint density at radius 3 is 2.60 bits per heavy atom. The maximum absolute atomic E-state index is 11.6. The first-order valence-electron chi connectivity index (χ1n) is 5.14. The van der Waals surface area contributed by atoms with Crippen molar-refractivity contribution in [3.05, 3.63) is 47.2 Å². The number of ketones is 1. The molecule has 2 rings (SSSR count). The molecule has 0 unspecified atom stereocenters. The van der Waals surface area contributed by atoms with Crippen molar-refractivity contribution >= 4 is 5.78 Å². The monoisotopic (exact) mass is 202 g/mol. The van der Waals surface area contributed by atoms with Gasteiger partial charge in [0.25, 0.3) is 0 Å². The molecule has 0 radical (unpaired) electrons. The second-order valence-corrected chi connectivity index (χ2v) is 3.69. The molecule has 15 heavy (non-hydrogen) atoms. The van der Waals surface area contributed by atoms with Gasteiger partial charge in [-0.15, -0.1) is 0 Å². The molecule has 0 N–H and O–H groups in total. The lowest BCUT2D eigenvalue weighted by Crippen LogP contribution is -2.01. The second-order valence-electron chi connectivity index (χ2n) is 3.69. The van der Waals surface area contributed by atoms with Crippen LogP contribution < -0.4 is 0 Å². The van der Waals surface area contributed by atoms with Gasteiger partial charge in [0.2, 0.25) is 0 Å². The topological polar surface area (TPSA) is 26.3 Å². The lowest BCUT2D eigenvalue weighted by molar-refractivity contribution is -0.115. The van der Waals surface area contributed by atoms with Crippen LogP contribution in [0.2, 0.25) is 0 Å². The van der Waals surface area contributed by atoms with E-state index in [4.69, 9.17) is 4.74 Å². The first-order chi connectivity index (χ1) is 7.31. The van der Waals surface area contributed by atoms with Gasteiger partial charge >= 0.3 is 0 Å². The Kier molecular flexibility index (Phi) is 2.86. The van der Waals surface area contributed by atoms with Crippen LogP contribution in [-0.2, 0) is 16.0 Å². The van der Waals surface area contributed by atoms with Gasteiger partial charge in [-0.3, -0.25) is 4.79 Å². The van der Waals surface area contributed by atoms with Crippen LogP contribution in [0.1, 0.15) is 18.4 Å². The van der Waals surface area contributed by atoms with Gasteiger partial charge in [-0.05, 0) is 5.56 Å². The van der Waals surface area contributed by atoms with Crippen LogP contribution >= 0.6 is 0 Å². The molecule has 1 aliphatic rings. The van der Waals surface area contributed by atoms with Gasteiger partial charge in [-0.1, -0.05) is 30.3 Å². The Labute approximate surface area is 89.6 Å². The van der Waals surface area contributed by atoms with Crippen molar-refractivity contribution in [2.24, 2.45) is 0 Å². The highest BCUT2D eigenvalue weighted by Crippen LogP contribution is 2.26. The normalized spacial score (nSPS) is 15.9. The van der Waals surface area contributed by atoms with Crippen molar-refractivity contribution in [2.75, 3.05) is 7.11 Å². The molecular weight excluding hydrogens is 188 g/mol. The van der Waals surface area contributed by atoms with Crippen molar-refractivity contribution in [3.8, 4) is 0 Å². The maximum atomic E-state index is 11.6. The largest absolute Gasteiger partial charge is 0.501 e. The predicted octanol–water partition coefficient (Wildman–Crippen LogP) is 2.49. The summed E-state index contributed by atoms with van der Waals surface area (Å²) in [5, 5.41) is 0. The number of rotatable bonds is 3. The Hall–Kier alpha value is -1.57. The van der Waals surface area contributed by atoms with E-state index >= 15 is 0 Å². The zero-order valence-corrected chi connectivity index (χ0v) is 8.82. The molecule has 1 aromatic carbocycles. The average Bonchev–Trinajstić information content (AvgIpc) is 2.62. The van der Waals surface area contributed by atoms with Crippen LogP contribution in [0.25, 0.3) is 0 Å². The number of carbonyl (C=O) groups is 1. The summed E-state index contributed by atoms with van der Waals surface area (Å²) in [5.41, 5.74) is 2.01. The average molecular weight is 202 g/mol. The molecule has 2 nitrogen and oxygen atoms in total. The zero-order chi connectivity index (χ0) is 10.7. The number of hydrogen-bond donors (Lipinski definition) is 0. The molecule has 0 spiro atoms. The van der Waals surface area contributed by atoms with Gasteiger partial charge in [-0.25, -0.2) is 0 Å². The molecule has 0 saturated heterocycles. The summed E-state index contributed by atoms with van der Waals surface area (Å²) in [7, 11) is 1.64. The molecular formula is C13H14O2. The molecule has 0 aliphatic heterocycles. The number of Topliss-reactive ketones (excluding diaryl/α,β-unsaturated/α-hetero) is 1. The fourth-order valence-corrected chi connectivity index (χ4v) is 1.91. The van der Waals surface area contributed by atoms with E-state index < -0.39 is 0 Å². The molecule has 1 aromatic rings. The molecule has 2 heteroatoms. The molecule has 0 bridgehead atoms. The Morgan fingerprint density at radius 1 is 1.20 bits per heavy atom. The number of benzene rings is 1. The van der Waals surface area contributed by atoms with E-state index in [0.717, 1.165) is 23.3 Å². The molecule has 0 atom stereocenters. The standard InChI is InChI=1S/C13H14O2/c1-15-13-8-7-12(14)11(13)9-10-5-3-2-4-6-10/h2-6H,7-9H2,1H3. The molecule has 78 valence electrons. The van der Waals surface area contributed by atoms with Crippen LogP contribution in [-0.4, -0.2) is 12.9 Å². The third-order valence-electron chi connectivity index (χ3n) is 2.72. The number of hydrogen-bond acceptors (Lipinski definition) is 2.